The molecule has 0 aromatic carbocycles. The molecule has 5 N–H and O–H groups in total. The van der Waals surface area contributed by atoms with Gasteiger partial charge in [-0.05, 0) is 6.92 Å². The lowest BCUT2D eigenvalue weighted by molar-refractivity contribution is 0.874. The summed E-state index contributed by atoms with van der Waals surface area (Å²) in [6.45, 7) is 1.51. The van der Waals surface area contributed by atoms with Gasteiger partial charge in [-0.1, -0.05) is 0 Å². The molecule has 0 atom stereocenters. The summed E-state index contributed by atoms with van der Waals surface area (Å²) in [6.07, 6.45) is 0. The number of nitriles is 3. The predicted molar refractivity (Wildman–Crippen MR) is 48.1 cm³/mol. The Morgan fingerprint density at radius 1 is 1.14 bits per heavy atom. The average molecular weight is 188 g/mol. The van der Waals surface area contributed by atoms with Crippen molar-refractivity contribution < 1.29 is 0 Å². The Balaban J connectivity index is 5.58. The molecule has 0 aromatic rings. The van der Waals surface area contributed by atoms with Crippen molar-refractivity contribution in [2.24, 2.45) is 11.6 Å². The second-order valence-electron chi connectivity index (χ2n) is 2.27. The molecule has 0 aliphatic carbocycles. The van der Waals surface area contributed by atoms with Gasteiger partial charge in [-0.15, -0.1) is 0 Å². The van der Waals surface area contributed by atoms with Crippen molar-refractivity contribution in [1.82, 2.24) is 5.43 Å². The Morgan fingerprint density at radius 3 is 1.93 bits per heavy atom. The van der Waals surface area contributed by atoms with E-state index in [1.54, 1.807) is 18.2 Å². The van der Waals surface area contributed by atoms with E-state index in [1.807, 2.05) is 0 Å². The summed E-state index contributed by atoms with van der Waals surface area (Å²) in [5.41, 5.74) is 7.46. The normalized spacial score (nSPS) is 9.93. The van der Waals surface area contributed by atoms with Crippen LogP contribution in [0.5, 0.6) is 0 Å². The van der Waals surface area contributed by atoms with Crippen LogP contribution >= 0.6 is 0 Å². The Hall–Kier alpha value is -2.49. The van der Waals surface area contributed by atoms with Gasteiger partial charge in [0.25, 0.3) is 0 Å². The quantitative estimate of drug-likeness (QED) is 0.231. The monoisotopic (exact) mass is 188 g/mol. The number of rotatable bonds is 2. The average Bonchev–Trinajstić information content (AvgIpc) is 2.20. The van der Waals surface area contributed by atoms with E-state index < -0.39 is 0 Å². The van der Waals surface area contributed by atoms with Crippen LogP contribution in [0.1, 0.15) is 6.92 Å². The summed E-state index contributed by atoms with van der Waals surface area (Å²) in [4.78, 5) is 0. The summed E-state index contributed by atoms with van der Waals surface area (Å²) in [7, 11) is 0. The van der Waals surface area contributed by atoms with E-state index in [1.165, 1.54) is 6.92 Å². The molecule has 0 aliphatic rings. The summed E-state index contributed by atoms with van der Waals surface area (Å²) >= 11 is 0. The number of hydrogen-bond donors (Lipinski definition) is 3. The Bertz CT molecular complexity index is 393. The van der Waals surface area contributed by atoms with Crippen LogP contribution in [0.15, 0.2) is 22.5 Å². The number of allylic oxidation sites excluding steroid dienone is 3. The maximum atomic E-state index is 8.70. The SMILES string of the molecule is C/C(NN)=C(/C#N)C(N)=C(C#N)C#N. The first kappa shape index (κ1) is 11.5. The lowest BCUT2D eigenvalue weighted by Gasteiger charge is -2.04. The summed E-state index contributed by atoms with van der Waals surface area (Å²) in [6, 6.07) is 4.92. The molecule has 0 heterocycles. The van der Waals surface area contributed by atoms with Crippen molar-refractivity contribution in [1.29, 1.82) is 15.8 Å². The van der Waals surface area contributed by atoms with Gasteiger partial charge in [-0.3, -0.25) is 5.84 Å². The minimum atomic E-state index is -0.309. The van der Waals surface area contributed by atoms with Crippen LogP contribution in [0.4, 0.5) is 0 Å². The molecule has 0 spiro atoms. The first-order valence-electron chi connectivity index (χ1n) is 3.50. The van der Waals surface area contributed by atoms with Crippen molar-refractivity contribution in [3.8, 4) is 18.2 Å². The number of hydrogen-bond acceptors (Lipinski definition) is 6. The minimum absolute atomic E-state index is 0.00870. The van der Waals surface area contributed by atoms with E-state index >= 15 is 0 Å². The Kier molecular flexibility index (Phi) is 4.28. The topological polar surface area (TPSA) is 135 Å². The molecule has 6 nitrogen and oxygen atoms in total. The molecule has 70 valence electrons. The lowest BCUT2D eigenvalue weighted by atomic mass is 10.1. The smallest absolute Gasteiger partial charge is 0.153 e. The molecule has 0 unspecified atom stereocenters. The third-order valence-corrected chi connectivity index (χ3v) is 1.47. The van der Waals surface area contributed by atoms with E-state index in [0.717, 1.165) is 0 Å². The molecule has 0 bridgehead atoms. The van der Waals surface area contributed by atoms with Gasteiger partial charge in [-0.25, -0.2) is 0 Å². The van der Waals surface area contributed by atoms with Crippen LogP contribution in [0.25, 0.3) is 0 Å². The van der Waals surface area contributed by atoms with Gasteiger partial charge in [0.2, 0.25) is 0 Å². The van der Waals surface area contributed by atoms with Gasteiger partial charge >= 0.3 is 0 Å². The highest BCUT2D eigenvalue weighted by Gasteiger charge is 2.10. The summed E-state index contributed by atoms with van der Waals surface area (Å²) in [5, 5.41) is 25.7. The molecule has 0 saturated heterocycles. The summed E-state index contributed by atoms with van der Waals surface area (Å²) < 4.78 is 0. The van der Waals surface area contributed by atoms with Gasteiger partial charge in [0.15, 0.2) is 5.57 Å². The van der Waals surface area contributed by atoms with Crippen molar-refractivity contribution in [2.45, 2.75) is 6.92 Å². The Morgan fingerprint density at radius 2 is 1.64 bits per heavy atom. The highest BCUT2D eigenvalue weighted by Crippen LogP contribution is 2.10. The lowest BCUT2D eigenvalue weighted by Crippen LogP contribution is -2.22. The maximum absolute atomic E-state index is 8.70. The molecule has 0 fully saturated rings. The second kappa shape index (κ2) is 5.21. The zero-order chi connectivity index (χ0) is 11.1. The van der Waals surface area contributed by atoms with E-state index in [4.69, 9.17) is 27.4 Å². The van der Waals surface area contributed by atoms with Crippen molar-refractivity contribution in [2.75, 3.05) is 0 Å². The standard InChI is InChI=1S/C8H8N6/c1-5(14-13)7(4-11)8(12)6(2-9)3-10/h14H,12-13H2,1H3/b7-5+. The molecular weight excluding hydrogens is 180 g/mol. The van der Waals surface area contributed by atoms with Crippen molar-refractivity contribution >= 4 is 0 Å². The fraction of sp³-hybridized carbons (Fsp3) is 0.125. The van der Waals surface area contributed by atoms with Crippen LogP contribution < -0.4 is 17.0 Å². The maximum Gasteiger partial charge on any atom is 0.153 e. The fourth-order valence-corrected chi connectivity index (χ4v) is 0.689. The van der Waals surface area contributed by atoms with Gasteiger partial charge in [-0.2, -0.15) is 15.8 Å². The predicted octanol–water partition coefficient (Wildman–Crippen LogP) is -0.493. The third kappa shape index (κ3) is 2.25. The van der Waals surface area contributed by atoms with E-state index in [9.17, 15) is 0 Å². The molecular formula is C8H8N6. The second-order valence-corrected chi connectivity index (χ2v) is 2.27. The first-order valence-corrected chi connectivity index (χ1v) is 3.50. The molecule has 0 rings (SSSR count). The first-order chi connectivity index (χ1) is 6.62. The van der Waals surface area contributed by atoms with E-state index in [-0.39, 0.29) is 16.8 Å². The molecule has 6 heteroatoms. The summed E-state index contributed by atoms with van der Waals surface area (Å²) in [5.74, 6) is 5.07. The zero-order valence-corrected chi connectivity index (χ0v) is 7.50. The Labute approximate surface area is 81.3 Å². The van der Waals surface area contributed by atoms with Crippen LogP contribution in [-0.2, 0) is 0 Å². The van der Waals surface area contributed by atoms with Gasteiger partial charge in [0.1, 0.15) is 18.2 Å². The van der Waals surface area contributed by atoms with E-state index in [2.05, 4.69) is 5.43 Å². The highest BCUT2D eigenvalue weighted by molar-refractivity contribution is 5.53. The number of nitrogens with zero attached hydrogens (tertiary/aromatic N) is 3. The van der Waals surface area contributed by atoms with Crippen LogP contribution in [-0.4, -0.2) is 0 Å². The molecule has 0 radical (unpaired) electrons. The zero-order valence-electron chi connectivity index (χ0n) is 7.50. The number of hydrazine groups is 1. The molecule has 0 aromatic heterocycles. The molecule has 14 heavy (non-hydrogen) atoms. The van der Waals surface area contributed by atoms with Gasteiger partial charge < -0.3 is 11.2 Å². The third-order valence-electron chi connectivity index (χ3n) is 1.47. The fourth-order valence-electron chi connectivity index (χ4n) is 0.689. The largest absolute Gasteiger partial charge is 0.396 e. The highest BCUT2D eigenvalue weighted by atomic mass is 15.2. The van der Waals surface area contributed by atoms with Gasteiger partial charge in [0, 0.05) is 5.70 Å². The van der Waals surface area contributed by atoms with Crippen LogP contribution in [0.3, 0.4) is 0 Å². The van der Waals surface area contributed by atoms with Gasteiger partial charge in [0.05, 0.1) is 11.3 Å². The van der Waals surface area contributed by atoms with Crippen molar-refractivity contribution in [3.63, 3.8) is 0 Å². The number of nitrogens with one attached hydrogen (secondary N) is 1. The van der Waals surface area contributed by atoms with Crippen molar-refractivity contribution in [3.05, 3.63) is 22.5 Å². The molecule has 0 amide bonds. The number of nitrogens with two attached hydrogens (primary N) is 2. The molecule has 0 aliphatic heterocycles. The minimum Gasteiger partial charge on any atom is -0.396 e. The van der Waals surface area contributed by atoms with Crippen LogP contribution in [0.2, 0.25) is 0 Å². The van der Waals surface area contributed by atoms with Crippen LogP contribution in [0, 0.1) is 34.0 Å². The van der Waals surface area contributed by atoms with E-state index in [0.29, 0.717) is 5.70 Å². The molecule has 0 saturated carbocycles.